The molecule has 0 amide bonds. The van der Waals surface area contributed by atoms with Crippen LogP contribution >= 0.6 is 0 Å². The second kappa shape index (κ2) is 5.18. The molecule has 0 unspecified atom stereocenters. The molecule has 0 aliphatic carbocycles. The standard InChI is InChI=1S/C15H16O4/c1-4-12(16)19-15-11-8-6-5-7-10(11)13(17)9(2)14(15)18-3/h5-8,17H,4H2,1-3H3. The van der Waals surface area contributed by atoms with Crippen molar-refractivity contribution in [2.75, 3.05) is 7.11 Å². The van der Waals surface area contributed by atoms with Crippen molar-refractivity contribution in [1.82, 2.24) is 0 Å². The summed E-state index contributed by atoms with van der Waals surface area (Å²) >= 11 is 0. The number of phenols is 1. The molecule has 100 valence electrons. The molecular weight excluding hydrogens is 244 g/mol. The van der Waals surface area contributed by atoms with Crippen LogP contribution in [0.3, 0.4) is 0 Å². The molecule has 0 aliphatic heterocycles. The van der Waals surface area contributed by atoms with Gasteiger partial charge in [0.2, 0.25) is 0 Å². The molecule has 2 aromatic rings. The van der Waals surface area contributed by atoms with E-state index in [1.54, 1.807) is 26.0 Å². The van der Waals surface area contributed by atoms with Gasteiger partial charge in [0.15, 0.2) is 11.5 Å². The molecule has 0 saturated carbocycles. The van der Waals surface area contributed by atoms with Crippen LogP contribution < -0.4 is 9.47 Å². The zero-order chi connectivity index (χ0) is 14.0. The first-order valence-electron chi connectivity index (χ1n) is 6.09. The van der Waals surface area contributed by atoms with Crippen molar-refractivity contribution >= 4 is 16.7 Å². The Morgan fingerprint density at radius 2 is 1.84 bits per heavy atom. The molecule has 0 bridgehead atoms. The monoisotopic (exact) mass is 260 g/mol. The second-order valence-electron chi connectivity index (χ2n) is 4.21. The average molecular weight is 260 g/mol. The Balaban J connectivity index is 2.77. The number of carbonyl (C=O) groups excluding carboxylic acids is 1. The van der Waals surface area contributed by atoms with Crippen LogP contribution in [0.1, 0.15) is 18.9 Å². The minimum atomic E-state index is -0.339. The summed E-state index contributed by atoms with van der Waals surface area (Å²) in [5.41, 5.74) is 0.556. The predicted octanol–water partition coefficient (Wildman–Crippen LogP) is 3.18. The highest BCUT2D eigenvalue weighted by molar-refractivity contribution is 5.98. The molecule has 0 aromatic heterocycles. The normalized spacial score (nSPS) is 10.5. The van der Waals surface area contributed by atoms with Crippen LogP contribution in [0.2, 0.25) is 0 Å². The smallest absolute Gasteiger partial charge is 0.311 e. The van der Waals surface area contributed by atoms with E-state index in [-0.39, 0.29) is 18.1 Å². The number of methoxy groups -OCH3 is 1. The van der Waals surface area contributed by atoms with Gasteiger partial charge >= 0.3 is 5.97 Å². The molecule has 0 saturated heterocycles. The van der Waals surface area contributed by atoms with Crippen LogP contribution in [0.4, 0.5) is 0 Å². The number of esters is 1. The van der Waals surface area contributed by atoms with Gasteiger partial charge < -0.3 is 14.6 Å². The zero-order valence-electron chi connectivity index (χ0n) is 11.2. The first-order valence-corrected chi connectivity index (χ1v) is 6.09. The van der Waals surface area contributed by atoms with E-state index in [1.165, 1.54) is 7.11 Å². The van der Waals surface area contributed by atoms with Crippen molar-refractivity contribution in [3.8, 4) is 17.2 Å². The Morgan fingerprint density at radius 1 is 1.21 bits per heavy atom. The number of hydrogen-bond acceptors (Lipinski definition) is 4. The number of carbonyl (C=O) groups is 1. The molecular formula is C15H16O4. The van der Waals surface area contributed by atoms with E-state index in [1.807, 2.05) is 12.1 Å². The molecule has 2 rings (SSSR count). The minimum absolute atomic E-state index is 0.142. The summed E-state index contributed by atoms with van der Waals surface area (Å²) in [7, 11) is 1.49. The van der Waals surface area contributed by atoms with Crippen molar-refractivity contribution in [3.63, 3.8) is 0 Å². The van der Waals surface area contributed by atoms with Gasteiger partial charge in [0, 0.05) is 22.8 Å². The van der Waals surface area contributed by atoms with Crippen LogP contribution in [-0.2, 0) is 4.79 Å². The zero-order valence-corrected chi connectivity index (χ0v) is 11.2. The molecule has 0 aliphatic rings. The SMILES string of the molecule is CCC(=O)Oc1c(OC)c(C)c(O)c2ccccc12. The summed E-state index contributed by atoms with van der Waals surface area (Å²) in [6.07, 6.45) is 0.275. The maximum Gasteiger partial charge on any atom is 0.311 e. The largest absolute Gasteiger partial charge is 0.507 e. The number of ether oxygens (including phenoxy) is 2. The molecule has 2 aromatic carbocycles. The molecule has 0 heterocycles. The predicted molar refractivity (Wildman–Crippen MR) is 72.8 cm³/mol. The highest BCUT2D eigenvalue weighted by atomic mass is 16.6. The molecule has 0 radical (unpaired) electrons. The topological polar surface area (TPSA) is 55.8 Å². The molecule has 4 heteroatoms. The lowest BCUT2D eigenvalue weighted by Gasteiger charge is -2.16. The first kappa shape index (κ1) is 13.2. The van der Waals surface area contributed by atoms with Gasteiger partial charge in [-0.1, -0.05) is 31.2 Å². The molecule has 0 atom stereocenters. The van der Waals surface area contributed by atoms with Gasteiger partial charge in [0.25, 0.3) is 0 Å². The molecule has 0 fully saturated rings. The van der Waals surface area contributed by atoms with Gasteiger partial charge in [0.05, 0.1) is 7.11 Å². The fraction of sp³-hybridized carbons (Fsp3) is 0.267. The summed E-state index contributed by atoms with van der Waals surface area (Å²) in [5, 5.41) is 11.5. The summed E-state index contributed by atoms with van der Waals surface area (Å²) in [4.78, 5) is 11.5. The third kappa shape index (κ3) is 2.21. The lowest BCUT2D eigenvalue weighted by molar-refractivity contribution is -0.134. The average Bonchev–Trinajstić information content (AvgIpc) is 2.44. The van der Waals surface area contributed by atoms with Gasteiger partial charge in [-0.3, -0.25) is 4.79 Å². The van der Waals surface area contributed by atoms with E-state index in [2.05, 4.69) is 0 Å². The van der Waals surface area contributed by atoms with E-state index in [0.29, 0.717) is 27.8 Å². The number of benzene rings is 2. The number of phenolic OH excluding ortho intramolecular Hbond substituents is 1. The fourth-order valence-corrected chi connectivity index (χ4v) is 2.02. The Bertz CT molecular complexity index is 632. The number of rotatable bonds is 3. The third-order valence-corrected chi connectivity index (χ3v) is 3.04. The van der Waals surface area contributed by atoms with Gasteiger partial charge in [-0.2, -0.15) is 0 Å². The van der Waals surface area contributed by atoms with Crippen LogP contribution in [0.5, 0.6) is 17.2 Å². The summed E-state index contributed by atoms with van der Waals surface area (Å²) in [6, 6.07) is 7.20. The second-order valence-corrected chi connectivity index (χ2v) is 4.21. The Labute approximate surface area is 111 Å². The molecule has 0 spiro atoms. The highest BCUT2D eigenvalue weighted by Crippen LogP contribution is 2.44. The maximum atomic E-state index is 11.5. The third-order valence-electron chi connectivity index (χ3n) is 3.04. The van der Waals surface area contributed by atoms with E-state index in [9.17, 15) is 9.90 Å². The van der Waals surface area contributed by atoms with Crippen molar-refractivity contribution in [3.05, 3.63) is 29.8 Å². The molecule has 1 N–H and O–H groups in total. The summed E-state index contributed by atoms with van der Waals surface area (Å²) in [6.45, 7) is 3.45. The highest BCUT2D eigenvalue weighted by Gasteiger charge is 2.19. The van der Waals surface area contributed by atoms with E-state index < -0.39 is 0 Å². The lowest BCUT2D eigenvalue weighted by Crippen LogP contribution is -2.07. The van der Waals surface area contributed by atoms with E-state index in [4.69, 9.17) is 9.47 Å². The Morgan fingerprint density at radius 3 is 2.42 bits per heavy atom. The van der Waals surface area contributed by atoms with Gasteiger partial charge in [-0.15, -0.1) is 0 Å². The quantitative estimate of drug-likeness (QED) is 0.680. The Kier molecular flexibility index (Phi) is 3.60. The Hall–Kier alpha value is -2.23. The van der Waals surface area contributed by atoms with Crippen molar-refractivity contribution < 1.29 is 19.4 Å². The van der Waals surface area contributed by atoms with Crippen LogP contribution in [-0.4, -0.2) is 18.2 Å². The minimum Gasteiger partial charge on any atom is -0.507 e. The number of fused-ring (bicyclic) bond motifs is 1. The summed E-state index contributed by atoms with van der Waals surface area (Å²) in [5.74, 6) is 0.551. The van der Waals surface area contributed by atoms with Crippen LogP contribution in [0, 0.1) is 6.92 Å². The fourth-order valence-electron chi connectivity index (χ4n) is 2.02. The van der Waals surface area contributed by atoms with E-state index >= 15 is 0 Å². The van der Waals surface area contributed by atoms with Gasteiger partial charge in [0.1, 0.15) is 5.75 Å². The van der Waals surface area contributed by atoms with Crippen molar-refractivity contribution in [2.45, 2.75) is 20.3 Å². The van der Waals surface area contributed by atoms with Crippen LogP contribution in [0.15, 0.2) is 24.3 Å². The van der Waals surface area contributed by atoms with Crippen molar-refractivity contribution in [2.24, 2.45) is 0 Å². The van der Waals surface area contributed by atoms with E-state index in [0.717, 1.165) is 0 Å². The van der Waals surface area contributed by atoms with Gasteiger partial charge in [-0.05, 0) is 6.92 Å². The maximum absolute atomic E-state index is 11.5. The van der Waals surface area contributed by atoms with Crippen LogP contribution in [0.25, 0.3) is 10.8 Å². The summed E-state index contributed by atoms with van der Waals surface area (Å²) < 4.78 is 10.6. The number of aromatic hydroxyl groups is 1. The first-order chi connectivity index (χ1) is 9.10. The lowest BCUT2D eigenvalue weighted by atomic mass is 10.0. The molecule has 4 nitrogen and oxygen atoms in total. The van der Waals surface area contributed by atoms with Crippen molar-refractivity contribution in [1.29, 1.82) is 0 Å². The van der Waals surface area contributed by atoms with Gasteiger partial charge in [-0.25, -0.2) is 0 Å². The number of hydrogen-bond donors (Lipinski definition) is 1. The molecule has 19 heavy (non-hydrogen) atoms.